The van der Waals surface area contributed by atoms with Gasteiger partial charge in [-0.05, 0) is 30.7 Å². The molecular weight excluding hydrogens is 224 g/mol. The summed E-state index contributed by atoms with van der Waals surface area (Å²) in [5, 5.41) is 2.81. The molecule has 2 aromatic rings. The first-order valence-corrected chi connectivity index (χ1v) is 5.70. The molecule has 1 N–H and O–H groups in total. The van der Waals surface area contributed by atoms with E-state index in [1.165, 1.54) is 0 Å². The Balaban J connectivity index is 2.08. The van der Waals surface area contributed by atoms with Gasteiger partial charge in [0.05, 0.1) is 0 Å². The van der Waals surface area contributed by atoms with E-state index in [9.17, 15) is 4.79 Å². The number of hydrogen-bond acceptors (Lipinski definition) is 2. The molecule has 1 aromatic heterocycles. The second-order valence-electron chi connectivity index (χ2n) is 3.93. The lowest BCUT2D eigenvalue weighted by atomic mass is 10.1. The van der Waals surface area contributed by atoms with Gasteiger partial charge < -0.3 is 5.32 Å². The number of benzene rings is 1. The highest BCUT2D eigenvalue weighted by atomic mass is 16.1. The van der Waals surface area contributed by atoms with Crippen molar-refractivity contribution in [2.45, 2.75) is 6.92 Å². The van der Waals surface area contributed by atoms with E-state index < -0.39 is 0 Å². The van der Waals surface area contributed by atoms with Gasteiger partial charge in [0.25, 0.3) is 5.91 Å². The summed E-state index contributed by atoms with van der Waals surface area (Å²) in [6.07, 6.45) is 5.15. The summed E-state index contributed by atoms with van der Waals surface area (Å²) in [4.78, 5) is 15.8. The van der Waals surface area contributed by atoms with Crippen LogP contribution in [-0.4, -0.2) is 10.9 Å². The van der Waals surface area contributed by atoms with Crippen molar-refractivity contribution in [3.05, 3.63) is 66.0 Å². The predicted octanol–water partition coefficient (Wildman–Crippen LogP) is 3.12. The molecule has 0 fully saturated rings. The van der Waals surface area contributed by atoms with Crippen molar-refractivity contribution in [2.24, 2.45) is 0 Å². The van der Waals surface area contributed by atoms with Gasteiger partial charge in [-0.25, -0.2) is 0 Å². The topological polar surface area (TPSA) is 42.0 Å². The molecule has 0 aliphatic rings. The largest absolute Gasteiger partial charge is 0.322 e. The number of anilines is 1. The number of hydrogen-bond donors (Lipinski definition) is 1. The molecule has 1 aromatic carbocycles. The van der Waals surface area contributed by atoms with Crippen molar-refractivity contribution in [3.8, 4) is 0 Å². The molecule has 0 atom stereocenters. The van der Waals surface area contributed by atoms with Crippen molar-refractivity contribution in [3.63, 3.8) is 0 Å². The van der Waals surface area contributed by atoms with Crippen molar-refractivity contribution < 1.29 is 4.79 Å². The lowest BCUT2D eigenvalue weighted by Gasteiger charge is -2.04. The number of nitrogens with zero attached hydrogens (tertiary/aromatic N) is 1. The highest BCUT2D eigenvalue weighted by Gasteiger charge is 2.04. The average Bonchev–Trinajstić information content (AvgIpc) is 2.41. The molecule has 1 amide bonds. The van der Waals surface area contributed by atoms with Crippen LogP contribution in [0.1, 0.15) is 12.5 Å². The Morgan fingerprint density at radius 2 is 1.78 bits per heavy atom. The van der Waals surface area contributed by atoms with Gasteiger partial charge in [0, 0.05) is 23.7 Å². The van der Waals surface area contributed by atoms with Crippen molar-refractivity contribution in [1.82, 2.24) is 4.98 Å². The standard InChI is InChI=1S/C15H14N2O/c1-12(11-13-5-3-2-4-6-13)15(18)17-14-7-9-16-10-8-14/h2-11H,1H3,(H,16,17,18). The van der Waals surface area contributed by atoms with E-state index in [1.807, 2.05) is 36.4 Å². The minimum Gasteiger partial charge on any atom is -0.322 e. The SMILES string of the molecule is CC(=Cc1ccccc1)C(=O)Nc1ccncc1. The van der Waals surface area contributed by atoms with Crippen LogP contribution in [0.4, 0.5) is 5.69 Å². The van der Waals surface area contributed by atoms with Gasteiger partial charge in [-0.1, -0.05) is 30.3 Å². The normalized spacial score (nSPS) is 11.1. The number of nitrogens with one attached hydrogen (secondary N) is 1. The summed E-state index contributed by atoms with van der Waals surface area (Å²) in [6.45, 7) is 1.80. The minimum absolute atomic E-state index is 0.106. The average molecular weight is 238 g/mol. The maximum absolute atomic E-state index is 11.9. The molecule has 0 saturated heterocycles. The highest BCUT2D eigenvalue weighted by molar-refractivity contribution is 6.06. The molecule has 0 aliphatic carbocycles. The van der Waals surface area contributed by atoms with Crippen molar-refractivity contribution >= 4 is 17.7 Å². The number of amides is 1. The maximum atomic E-state index is 11.9. The van der Waals surface area contributed by atoms with Gasteiger partial charge in [0.15, 0.2) is 0 Å². The third-order valence-corrected chi connectivity index (χ3v) is 2.48. The van der Waals surface area contributed by atoms with Crippen LogP contribution in [-0.2, 0) is 4.79 Å². The lowest BCUT2D eigenvalue weighted by Crippen LogP contribution is -2.12. The summed E-state index contributed by atoms with van der Waals surface area (Å²) >= 11 is 0. The van der Waals surface area contributed by atoms with E-state index in [-0.39, 0.29) is 5.91 Å². The fourth-order valence-electron chi connectivity index (χ4n) is 1.53. The first-order valence-electron chi connectivity index (χ1n) is 5.70. The quantitative estimate of drug-likeness (QED) is 0.835. The first kappa shape index (κ1) is 12.0. The molecule has 3 nitrogen and oxygen atoms in total. The first-order chi connectivity index (χ1) is 8.75. The second-order valence-corrected chi connectivity index (χ2v) is 3.93. The van der Waals surface area contributed by atoms with Gasteiger partial charge in [-0.3, -0.25) is 9.78 Å². The van der Waals surface area contributed by atoms with E-state index in [1.54, 1.807) is 31.5 Å². The molecule has 0 radical (unpaired) electrons. The zero-order valence-corrected chi connectivity index (χ0v) is 10.1. The molecule has 3 heteroatoms. The number of aromatic nitrogens is 1. The lowest BCUT2D eigenvalue weighted by molar-refractivity contribution is -0.112. The van der Waals surface area contributed by atoms with Crippen molar-refractivity contribution in [2.75, 3.05) is 5.32 Å². The fraction of sp³-hybridized carbons (Fsp3) is 0.0667. The van der Waals surface area contributed by atoms with E-state index in [2.05, 4.69) is 10.3 Å². The third kappa shape index (κ3) is 3.28. The van der Waals surface area contributed by atoms with Crippen LogP contribution >= 0.6 is 0 Å². The Bertz CT molecular complexity index is 547. The smallest absolute Gasteiger partial charge is 0.251 e. The van der Waals surface area contributed by atoms with Crippen molar-refractivity contribution in [1.29, 1.82) is 0 Å². The van der Waals surface area contributed by atoms with E-state index in [0.29, 0.717) is 5.57 Å². The molecule has 1 heterocycles. The van der Waals surface area contributed by atoms with Crippen LogP contribution < -0.4 is 5.32 Å². The summed E-state index contributed by atoms with van der Waals surface area (Å²) in [5.74, 6) is -0.106. The molecule has 0 unspecified atom stereocenters. The number of rotatable bonds is 3. The summed E-state index contributed by atoms with van der Waals surface area (Å²) in [6, 6.07) is 13.3. The molecule has 0 spiro atoms. The number of carbonyl (C=O) groups excluding carboxylic acids is 1. The van der Waals surface area contributed by atoms with E-state index in [0.717, 1.165) is 11.3 Å². The van der Waals surface area contributed by atoms with Gasteiger partial charge >= 0.3 is 0 Å². The van der Waals surface area contributed by atoms with Gasteiger partial charge in [-0.2, -0.15) is 0 Å². The number of carbonyl (C=O) groups is 1. The Morgan fingerprint density at radius 1 is 1.11 bits per heavy atom. The summed E-state index contributed by atoms with van der Waals surface area (Å²) < 4.78 is 0. The van der Waals surface area contributed by atoms with Crippen LogP contribution in [0.2, 0.25) is 0 Å². The second kappa shape index (κ2) is 5.77. The van der Waals surface area contributed by atoms with Crippen LogP contribution in [0.15, 0.2) is 60.4 Å². The third-order valence-electron chi connectivity index (χ3n) is 2.48. The molecular formula is C15H14N2O. The highest BCUT2D eigenvalue weighted by Crippen LogP contribution is 2.09. The van der Waals surface area contributed by atoms with Crippen LogP contribution in [0.5, 0.6) is 0 Å². The number of pyridine rings is 1. The van der Waals surface area contributed by atoms with E-state index in [4.69, 9.17) is 0 Å². The Hall–Kier alpha value is -2.42. The molecule has 18 heavy (non-hydrogen) atoms. The van der Waals surface area contributed by atoms with Gasteiger partial charge in [-0.15, -0.1) is 0 Å². The Kier molecular flexibility index (Phi) is 3.86. The summed E-state index contributed by atoms with van der Waals surface area (Å²) in [7, 11) is 0. The Morgan fingerprint density at radius 3 is 2.44 bits per heavy atom. The summed E-state index contributed by atoms with van der Waals surface area (Å²) in [5.41, 5.74) is 2.42. The molecule has 2 rings (SSSR count). The maximum Gasteiger partial charge on any atom is 0.251 e. The van der Waals surface area contributed by atoms with Crippen LogP contribution in [0.3, 0.4) is 0 Å². The fourth-order valence-corrected chi connectivity index (χ4v) is 1.53. The zero-order valence-electron chi connectivity index (χ0n) is 10.1. The van der Waals surface area contributed by atoms with Gasteiger partial charge in [0.2, 0.25) is 0 Å². The van der Waals surface area contributed by atoms with Crippen LogP contribution in [0, 0.1) is 0 Å². The molecule has 90 valence electrons. The van der Waals surface area contributed by atoms with Gasteiger partial charge in [0.1, 0.15) is 0 Å². The predicted molar refractivity (Wildman–Crippen MR) is 73.0 cm³/mol. The zero-order chi connectivity index (χ0) is 12.8. The molecule has 0 saturated carbocycles. The van der Waals surface area contributed by atoms with Crippen LogP contribution in [0.25, 0.3) is 6.08 Å². The Labute approximate surface area is 106 Å². The monoisotopic (exact) mass is 238 g/mol. The minimum atomic E-state index is -0.106. The van der Waals surface area contributed by atoms with E-state index >= 15 is 0 Å². The molecule has 0 aliphatic heterocycles. The molecule has 0 bridgehead atoms.